The molecule has 2 rings (SSSR count). The summed E-state index contributed by atoms with van der Waals surface area (Å²) in [6.07, 6.45) is 0.727. The molecule has 33 heavy (non-hydrogen) atoms. The maximum absolute atomic E-state index is 13.0. The van der Waals surface area contributed by atoms with Gasteiger partial charge in [-0.15, -0.1) is 0 Å². The van der Waals surface area contributed by atoms with Crippen molar-refractivity contribution >= 4 is 21.9 Å². The Morgan fingerprint density at radius 2 is 1.55 bits per heavy atom. The number of hydrogen-bond donors (Lipinski definition) is 0. The van der Waals surface area contributed by atoms with E-state index in [0.717, 1.165) is 11.1 Å². The number of benzene rings is 2. The number of amides is 1. The van der Waals surface area contributed by atoms with Crippen molar-refractivity contribution in [3.05, 3.63) is 65.7 Å². The Morgan fingerprint density at radius 3 is 2.09 bits per heavy atom. The molecule has 0 aliphatic heterocycles. The Kier molecular flexibility index (Phi) is 10.1. The van der Waals surface area contributed by atoms with Crippen molar-refractivity contribution < 1.29 is 22.7 Å². The van der Waals surface area contributed by atoms with Crippen molar-refractivity contribution in [2.45, 2.75) is 45.1 Å². The highest BCUT2D eigenvalue weighted by Gasteiger charge is 2.23. The molecule has 180 valence electrons. The van der Waals surface area contributed by atoms with E-state index in [2.05, 4.69) is 0 Å². The molecule has 1 atom stereocenters. The van der Waals surface area contributed by atoms with E-state index in [4.69, 9.17) is 4.74 Å². The Balaban J connectivity index is 2.08. The summed E-state index contributed by atoms with van der Waals surface area (Å²) in [6, 6.07) is 16.3. The van der Waals surface area contributed by atoms with Gasteiger partial charge in [-0.05, 0) is 29.7 Å². The van der Waals surface area contributed by atoms with E-state index in [9.17, 15) is 18.0 Å². The van der Waals surface area contributed by atoms with E-state index in [1.807, 2.05) is 44.2 Å². The average Bonchev–Trinajstić information content (AvgIpc) is 2.83. The van der Waals surface area contributed by atoms with E-state index in [1.54, 1.807) is 36.1 Å². The van der Waals surface area contributed by atoms with Crippen LogP contribution in [0.4, 0.5) is 0 Å². The lowest BCUT2D eigenvalue weighted by molar-refractivity contribution is -0.146. The van der Waals surface area contributed by atoms with E-state index in [0.29, 0.717) is 26.1 Å². The molecule has 0 saturated carbocycles. The fraction of sp³-hybridized carbons (Fsp3) is 0.440. The molecule has 0 aliphatic carbocycles. The molecule has 0 aromatic heterocycles. The molecule has 0 N–H and O–H groups in total. The second-order valence-electron chi connectivity index (χ2n) is 7.92. The largest absolute Gasteiger partial charge is 0.469 e. The first-order valence-corrected chi connectivity index (χ1v) is 12.7. The molecule has 1 amide bonds. The number of carbonyl (C=O) groups is 2. The first kappa shape index (κ1) is 26.5. The zero-order chi connectivity index (χ0) is 24.4. The second-order valence-corrected chi connectivity index (χ2v) is 9.86. The third kappa shape index (κ3) is 7.40. The number of carbonyl (C=O) groups excluding carboxylic acids is 2. The molecule has 8 heteroatoms. The Bertz CT molecular complexity index is 1000. The van der Waals surface area contributed by atoms with Gasteiger partial charge in [0, 0.05) is 32.6 Å². The molecule has 0 radical (unpaired) electrons. The maximum Gasteiger partial charge on any atom is 0.310 e. The monoisotopic (exact) mass is 474 g/mol. The third-order valence-corrected chi connectivity index (χ3v) is 7.62. The summed E-state index contributed by atoms with van der Waals surface area (Å²) in [6.45, 7) is 6.86. The number of rotatable bonds is 12. The van der Waals surface area contributed by atoms with Gasteiger partial charge in [0.25, 0.3) is 0 Å². The number of sulfonamides is 1. The highest BCUT2D eigenvalue weighted by atomic mass is 32.2. The van der Waals surface area contributed by atoms with Crippen molar-refractivity contribution in [2.24, 2.45) is 5.92 Å². The van der Waals surface area contributed by atoms with Gasteiger partial charge in [-0.2, -0.15) is 4.31 Å². The van der Waals surface area contributed by atoms with Gasteiger partial charge in [0.05, 0.1) is 17.9 Å². The summed E-state index contributed by atoms with van der Waals surface area (Å²) in [4.78, 5) is 26.9. The lowest BCUT2D eigenvalue weighted by Crippen LogP contribution is -2.37. The molecular weight excluding hydrogens is 440 g/mol. The van der Waals surface area contributed by atoms with Crippen LogP contribution in [0.2, 0.25) is 0 Å². The van der Waals surface area contributed by atoms with Crippen LogP contribution in [0.15, 0.2) is 59.5 Å². The molecule has 2 aromatic rings. The number of nitrogens with zero attached hydrogens (tertiary/aromatic N) is 2. The number of esters is 1. The minimum Gasteiger partial charge on any atom is -0.469 e. The van der Waals surface area contributed by atoms with Crippen LogP contribution in [0.1, 0.15) is 38.3 Å². The van der Waals surface area contributed by atoms with Crippen molar-refractivity contribution in [2.75, 3.05) is 26.7 Å². The minimum absolute atomic E-state index is 0.0746. The van der Waals surface area contributed by atoms with E-state index >= 15 is 0 Å². The minimum atomic E-state index is -3.51. The van der Waals surface area contributed by atoms with Crippen LogP contribution < -0.4 is 0 Å². The first-order chi connectivity index (χ1) is 15.7. The summed E-state index contributed by atoms with van der Waals surface area (Å²) >= 11 is 0. The van der Waals surface area contributed by atoms with Crippen molar-refractivity contribution in [3.8, 4) is 0 Å². The molecule has 0 heterocycles. The highest BCUT2D eigenvalue weighted by Crippen LogP contribution is 2.18. The SMILES string of the molecule is CCN(CC)S(=O)(=O)c1ccc(CCC(=O)N(Cc2ccccc2)CC(C)C(=O)OC)cc1. The summed E-state index contributed by atoms with van der Waals surface area (Å²) in [5.74, 6) is -0.868. The van der Waals surface area contributed by atoms with Crippen LogP contribution in [0.3, 0.4) is 0 Å². The van der Waals surface area contributed by atoms with Gasteiger partial charge in [0.15, 0.2) is 0 Å². The van der Waals surface area contributed by atoms with Gasteiger partial charge in [0.1, 0.15) is 0 Å². The van der Waals surface area contributed by atoms with E-state index in [-0.39, 0.29) is 29.7 Å². The molecule has 0 aliphatic rings. The number of methoxy groups -OCH3 is 1. The van der Waals surface area contributed by atoms with Crippen molar-refractivity contribution in [1.82, 2.24) is 9.21 Å². The van der Waals surface area contributed by atoms with Crippen LogP contribution in [0.5, 0.6) is 0 Å². The average molecular weight is 475 g/mol. The smallest absolute Gasteiger partial charge is 0.310 e. The van der Waals surface area contributed by atoms with Crippen LogP contribution in [-0.4, -0.2) is 56.2 Å². The highest BCUT2D eigenvalue weighted by molar-refractivity contribution is 7.89. The molecule has 0 bridgehead atoms. The normalized spacial score (nSPS) is 12.4. The molecule has 0 spiro atoms. The van der Waals surface area contributed by atoms with E-state index in [1.165, 1.54) is 11.4 Å². The molecular formula is C25H34N2O5S. The van der Waals surface area contributed by atoms with Crippen LogP contribution >= 0.6 is 0 Å². The van der Waals surface area contributed by atoms with Gasteiger partial charge in [-0.25, -0.2) is 8.42 Å². The zero-order valence-corrected chi connectivity index (χ0v) is 20.7. The first-order valence-electron chi connectivity index (χ1n) is 11.2. The fourth-order valence-electron chi connectivity index (χ4n) is 3.61. The van der Waals surface area contributed by atoms with Gasteiger partial charge in [-0.3, -0.25) is 9.59 Å². The zero-order valence-electron chi connectivity index (χ0n) is 19.9. The lowest BCUT2D eigenvalue weighted by atomic mass is 10.1. The van der Waals surface area contributed by atoms with Crippen LogP contribution in [-0.2, 0) is 37.3 Å². The van der Waals surface area contributed by atoms with Crippen molar-refractivity contribution in [3.63, 3.8) is 0 Å². The van der Waals surface area contributed by atoms with Crippen LogP contribution in [0, 0.1) is 5.92 Å². The Labute approximate surface area is 197 Å². The summed E-state index contributed by atoms with van der Waals surface area (Å²) in [5.41, 5.74) is 1.86. The summed E-state index contributed by atoms with van der Waals surface area (Å²) in [7, 11) is -2.17. The molecule has 7 nitrogen and oxygen atoms in total. The van der Waals surface area contributed by atoms with Crippen LogP contribution in [0.25, 0.3) is 0 Å². The maximum atomic E-state index is 13.0. The fourth-order valence-corrected chi connectivity index (χ4v) is 5.07. The van der Waals surface area contributed by atoms with Gasteiger partial charge < -0.3 is 9.64 Å². The second kappa shape index (κ2) is 12.5. The predicted molar refractivity (Wildman–Crippen MR) is 128 cm³/mol. The predicted octanol–water partition coefficient (Wildman–Crippen LogP) is 3.49. The molecule has 0 fully saturated rings. The summed E-state index contributed by atoms with van der Waals surface area (Å²) < 4.78 is 31.5. The number of hydrogen-bond acceptors (Lipinski definition) is 5. The van der Waals surface area contributed by atoms with Gasteiger partial charge >= 0.3 is 5.97 Å². The molecule has 0 saturated heterocycles. The Morgan fingerprint density at radius 1 is 0.939 bits per heavy atom. The number of ether oxygens (including phenoxy) is 1. The third-order valence-electron chi connectivity index (χ3n) is 5.56. The lowest BCUT2D eigenvalue weighted by Gasteiger charge is -2.25. The molecule has 2 aromatic carbocycles. The van der Waals surface area contributed by atoms with Gasteiger partial charge in [0.2, 0.25) is 15.9 Å². The topological polar surface area (TPSA) is 84.0 Å². The van der Waals surface area contributed by atoms with Crippen molar-refractivity contribution in [1.29, 1.82) is 0 Å². The summed E-state index contributed by atoms with van der Waals surface area (Å²) in [5, 5.41) is 0. The Hall–Kier alpha value is -2.71. The number of aryl methyl sites for hydroxylation is 1. The molecule has 1 unspecified atom stereocenters. The quantitative estimate of drug-likeness (QED) is 0.440. The standard InChI is InChI=1S/C25H34N2O5S/c1-5-27(6-2)33(30,31)23-15-12-21(13-16-23)14-17-24(28)26(18-20(3)25(29)32-4)19-22-10-8-7-9-11-22/h7-13,15-16,20H,5-6,14,17-19H2,1-4H3. The van der Waals surface area contributed by atoms with E-state index < -0.39 is 15.9 Å². The van der Waals surface area contributed by atoms with Gasteiger partial charge in [-0.1, -0.05) is 63.2 Å².